The van der Waals surface area contributed by atoms with E-state index in [1.54, 1.807) is 30.3 Å². The average Bonchev–Trinajstić information content (AvgIpc) is 3.29. The molecule has 168 valence electrons. The standard InChI is InChI=1S/C22H23N3O6S/c23-14-17-3-1-2-4-21(17)32(27,28)25-10-7-16(8-11-25)22(26)24-9-12-29-18-5-6-19-20(13-18)31-15-30-19/h1-6,13,16H,7-12,15H2,(H,24,26). The smallest absolute Gasteiger partial charge is 0.244 e. The third-order valence-corrected chi connectivity index (χ3v) is 7.42. The summed E-state index contributed by atoms with van der Waals surface area (Å²) in [4.78, 5) is 12.5. The second-order valence-electron chi connectivity index (χ2n) is 7.44. The third kappa shape index (κ3) is 4.64. The highest BCUT2D eigenvalue weighted by atomic mass is 32.2. The van der Waals surface area contributed by atoms with Crippen molar-refractivity contribution in [2.45, 2.75) is 17.7 Å². The Kier molecular flexibility index (Phi) is 6.48. The quantitative estimate of drug-likeness (QED) is 0.631. The number of carbonyl (C=O) groups is 1. The minimum Gasteiger partial charge on any atom is -0.492 e. The van der Waals surface area contributed by atoms with Crippen LogP contribution in [0.1, 0.15) is 18.4 Å². The highest BCUT2D eigenvalue weighted by molar-refractivity contribution is 7.89. The first-order chi connectivity index (χ1) is 15.5. The molecule has 2 aromatic carbocycles. The number of ether oxygens (including phenoxy) is 3. The SMILES string of the molecule is N#Cc1ccccc1S(=O)(=O)N1CCC(C(=O)NCCOc2ccc3c(c2)OCO3)CC1. The maximum atomic E-state index is 12.9. The van der Waals surface area contributed by atoms with Gasteiger partial charge < -0.3 is 19.5 Å². The molecule has 0 bridgehead atoms. The minimum absolute atomic E-state index is 0.00562. The lowest BCUT2D eigenvalue weighted by atomic mass is 9.97. The van der Waals surface area contributed by atoms with Crippen LogP contribution < -0.4 is 19.5 Å². The summed E-state index contributed by atoms with van der Waals surface area (Å²) in [5.74, 6) is 1.55. The number of amides is 1. The van der Waals surface area contributed by atoms with Gasteiger partial charge in [-0.15, -0.1) is 0 Å². The monoisotopic (exact) mass is 457 g/mol. The first-order valence-electron chi connectivity index (χ1n) is 10.3. The Morgan fingerprint density at radius 3 is 2.69 bits per heavy atom. The van der Waals surface area contributed by atoms with Gasteiger partial charge in [0.1, 0.15) is 18.4 Å². The Hall–Kier alpha value is -3.29. The molecule has 10 heteroatoms. The van der Waals surface area contributed by atoms with Crippen LogP contribution >= 0.6 is 0 Å². The Morgan fingerprint density at radius 2 is 1.91 bits per heavy atom. The molecule has 4 rings (SSSR count). The van der Waals surface area contributed by atoms with E-state index in [0.717, 1.165) is 0 Å². The zero-order valence-electron chi connectivity index (χ0n) is 17.3. The molecule has 2 aliphatic rings. The predicted molar refractivity (Wildman–Crippen MR) is 114 cm³/mol. The molecule has 0 aliphatic carbocycles. The van der Waals surface area contributed by atoms with Crippen LogP contribution in [0.4, 0.5) is 0 Å². The summed E-state index contributed by atoms with van der Waals surface area (Å²) in [6.45, 7) is 1.28. The number of hydrogen-bond acceptors (Lipinski definition) is 7. The van der Waals surface area contributed by atoms with Gasteiger partial charge in [-0.05, 0) is 37.1 Å². The molecule has 0 spiro atoms. The van der Waals surface area contributed by atoms with E-state index in [-0.39, 0.29) is 42.2 Å². The second kappa shape index (κ2) is 9.46. The van der Waals surface area contributed by atoms with E-state index in [1.807, 2.05) is 6.07 Å². The lowest BCUT2D eigenvalue weighted by Gasteiger charge is -2.30. The fourth-order valence-corrected chi connectivity index (χ4v) is 5.35. The molecule has 0 unspecified atom stereocenters. The maximum Gasteiger partial charge on any atom is 0.244 e. The van der Waals surface area contributed by atoms with E-state index in [1.165, 1.54) is 16.4 Å². The molecule has 2 aromatic rings. The van der Waals surface area contributed by atoms with Crippen molar-refractivity contribution in [3.63, 3.8) is 0 Å². The molecule has 2 aliphatic heterocycles. The first-order valence-corrected chi connectivity index (χ1v) is 11.7. The molecule has 2 heterocycles. The van der Waals surface area contributed by atoms with Gasteiger partial charge in [0, 0.05) is 25.1 Å². The largest absolute Gasteiger partial charge is 0.492 e. The van der Waals surface area contributed by atoms with E-state index in [9.17, 15) is 18.5 Å². The highest BCUT2D eigenvalue weighted by Crippen LogP contribution is 2.35. The number of fused-ring (bicyclic) bond motifs is 1. The van der Waals surface area contributed by atoms with Crippen LogP contribution in [0, 0.1) is 17.2 Å². The van der Waals surface area contributed by atoms with Crippen LogP contribution in [0.2, 0.25) is 0 Å². The van der Waals surface area contributed by atoms with Gasteiger partial charge in [0.2, 0.25) is 22.7 Å². The van der Waals surface area contributed by atoms with Gasteiger partial charge in [0.15, 0.2) is 11.5 Å². The zero-order chi connectivity index (χ0) is 22.6. The van der Waals surface area contributed by atoms with Gasteiger partial charge in [-0.3, -0.25) is 4.79 Å². The average molecular weight is 458 g/mol. The summed E-state index contributed by atoms with van der Waals surface area (Å²) in [6, 6.07) is 13.4. The van der Waals surface area contributed by atoms with E-state index >= 15 is 0 Å². The number of nitrogens with one attached hydrogen (secondary N) is 1. The van der Waals surface area contributed by atoms with Crippen molar-refractivity contribution in [2.75, 3.05) is 33.0 Å². The van der Waals surface area contributed by atoms with Gasteiger partial charge in [-0.2, -0.15) is 9.57 Å². The summed E-state index contributed by atoms with van der Waals surface area (Å²) < 4.78 is 43.3. The Morgan fingerprint density at radius 1 is 1.16 bits per heavy atom. The number of piperidine rings is 1. The molecule has 0 saturated carbocycles. The molecule has 1 fully saturated rings. The van der Waals surface area contributed by atoms with Crippen LogP contribution in [0.25, 0.3) is 0 Å². The normalized spacial score (nSPS) is 16.3. The number of nitrogens with zero attached hydrogens (tertiary/aromatic N) is 2. The van der Waals surface area contributed by atoms with E-state index in [4.69, 9.17) is 14.2 Å². The first kappa shape index (κ1) is 21.9. The number of carbonyl (C=O) groups excluding carboxylic acids is 1. The van der Waals surface area contributed by atoms with Gasteiger partial charge in [0.25, 0.3) is 0 Å². The molecular weight excluding hydrogens is 434 g/mol. The molecule has 1 saturated heterocycles. The Balaban J connectivity index is 1.23. The number of hydrogen-bond donors (Lipinski definition) is 1. The van der Waals surface area contributed by atoms with E-state index in [2.05, 4.69) is 5.32 Å². The maximum absolute atomic E-state index is 12.9. The van der Waals surface area contributed by atoms with E-state index < -0.39 is 10.0 Å². The summed E-state index contributed by atoms with van der Waals surface area (Å²) in [5.41, 5.74) is 0.120. The van der Waals surface area contributed by atoms with Gasteiger partial charge in [-0.25, -0.2) is 8.42 Å². The van der Waals surface area contributed by atoms with Crippen LogP contribution in [0.5, 0.6) is 17.2 Å². The fourth-order valence-electron chi connectivity index (χ4n) is 3.74. The lowest BCUT2D eigenvalue weighted by Crippen LogP contribution is -2.43. The lowest BCUT2D eigenvalue weighted by molar-refractivity contribution is -0.126. The second-order valence-corrected chi connectivity index (χ2v) is 9.35. The molecule has 32 heavy (non-hydrogen) atoms. The zero-order valence-corrected chi connectivity index (χ0v) is 18.1. The van der Waals surface area contributed by atoms with Crippen molar-refractivity contribution < 1.29 is 27.4 Å². The van der Waals surface area contributed by atoms with Crippen LogP contribution in [0.3, 0.4) is 0 Å². The topological polar surface area (TPSA) is 118 Å². The van der Waals surface area contributed by atoms with Crippen molar-refractivity contribution in [3.8, 4) is 23.3 Å². The minimum atomic E-state index is -3.77. The number of nitriles is 1. The molecular formula is C22H23N3O6S. The predicted octanol–water partition coefficient (Wildman–Crippen LogP) is 1.88. The molecule has 0 aromatic heterocycles. The fraction of sp³-hybridized carbons (Fsp3) is 0.364. The van der Waals surface area contributed by atoms with Crippen molar-refractivity contribution in [1.29, 1.82) is 5.26 Å². The van der Waals surface area contributed by atoms with Crippen molar-refractivity contribution in [2.24, 2.45) is 5.92 Å². The highest BCUT2D eigenvalue weighted by Gasteiger charge is 2.33. The molecule has 1 amide bonds. The third-order valence-electron chi connectivity index (χ3n) is 5.46. The summed E-state index contributed by atoms with van der Waals surface area (Å²) in [6.07, 6.45) is 0.839. The Labute approximate surface area is 186 Å². The van der Waals surface area contributed by atoms with E-state index in [0.29, 0.717) is 43.2 Å². The summed E-state index contributed by atoms with van der Waals surface area (Å²) >= 11 is 0. The summed E-state index contributed by atoms with van der Waals surface area (Å²) in [5, 5.41) is 12.1. The number of sulfonamides is 1. The Bertz CT molecular complexity index is 1140. The number of benzene rings is 2. The van der Waals surface area contributed by atoms with Crippen LogP contribution in [-0.2, 0) is 14.8 Å². The van der Waals surface area contributed by atoms with Crippen molar-refractivity contribution in [3.05, 3.63) is 48.0 Å². The molecule has 0 atom stereocenters. The van der Waals surface area contributed by atoms with Crippen LogP contribution in [0.15, 0.2) is 47.4 Å². The van der Waals surface area contributed by atoms with Crippen LogP contribution in [-0.4, -0.2) is 51.7 Å². The number of rotatable bonds is 7. The molecule has 9 nitrogen and oxygen atoms in total. The summed E-state index contributed by atoms with van der Waals surface area (Å²) in [7, 11) is -3.77. The molecule has 1 N–H and O–H groups in total. The van der Waals surface area contributed by atoms with Gasteiger partial charge >= 0.3 is 0 Å². The van der Waals surface area contributed by atoms with Gasteiger partial charge in [-0.1, -0.05) is 12.1 Å². The van der Waals surface area contributed by atoms with Crippen molar-refractivity contribution in [1.82, 2.24) is 9.62 Å². The molecule has 0 radical (unpaired) electrons. The van der Waals surface area contributed by atoms with Gasteiger partial charge in [0.05, 0.1) is 17.0 Å². The van der Waals surface area contributed by atoms with Crippen molar-refractivity contribution >= 4 is 15.9 Å².